The van der Waals surface area contributed by atoms with Crippen molar-refractivity contribution in [2.45, 2.75) is 26.3 Å². The number of Topliss-reactive ketones (excluding diaryl/α,β-unsaturated/α-hetero) is 1. The van der Waals surface area contributed by atoms with Crippen molar-refractivity contribution in [2.24, 2.45) is 0 Å². The summed E-state index contributed by atoms with van der Waals surface area (Å²) in [6.45, 7) is 2.32. The number of ketones is 1. The molecule has 1 heterocycles. The molecule has 0 radical (unpaired) electrons. The zero-order chi connectivity index (χ0) is 23.9. The molecule has 5 nitrogen and oxygen atoms in total. The monoisotopic (exact) mass is 470 g/mol. The van der Waals surface area contributed by atoms with Gasteiger partial charge in [-0.1, -0.05) is 60.2 Å². The molecule has 0 fully saturated rings. The van der Waals surface area contributed by atoms with Crippen molar-refractivity contribution in [3.05, 3.63) is 94.9 Å². The third kappa shape index (κ3) is 5.77. The van der Waals surface area contributed by atoms with Gasteiger partial charge in [0, 0.05) is 35.9 Å². The molecule has 1 N–H and O–H groups in total. The number of aryl methyl sites for hydroxylation is 1. The van der Waals surface area contributed by atoms with Gasteiger partial charge < -0.3 is 10.1 Å². The summed E-state index contributed by atoms with van der Waals surface area (Å²) in [6.07, 6.45) is 0.260. The number of carbonyl (C=O) groups is 2. The van der Waals surface area contributed by atoms with E-state index in [1.54, 1.807) is 23.5 Å². The molecule has 34 heavy (non-hydrogen) atoms. The van der Waals surface area contributed by atoms with Gasteiger partial charge in [-0.3, -0.25) is 9.59 Å². The van der Waals surface area contributed by atoms with Crippen molar-refractivity contribution < 1.29 is 14.3 Å². The molecule has 0 saturated heterocycles. The van der Waals surface area contributed by atoms with Crippen molar-refractivity contribution in [1.82, 2.24) is 10.3 Å². The summed E-state index contributed by atoms with van der Waals surface area (Å²) in [4.78, 5) is 29.7. The van der Waals surface area contributed by atoms with Crippen LogP contribution in [0.3, 0.4) is 0 Å². The Bertz CT molecular complexity index is 1300. The van der Waals surface area contributed by atoms with Gasteiger partial charge in [0.1, 0.15) is 10.8 Å². The molecule has 4 rings (SSSR count). The van der Waals surface area contributed by atoms with Crippen LogP contribution in [0, 0.1) is 6.92 Å². The summed E-state index contributed by atoms with van der Waals surface area (Å²) in [6, 6.07) is 23.6. The molecule has 0 bridgehead atoms. The van der Waals surface area contributed by atoms with E-state index < -0.39 is 0 Å². The van der Waals surface area contributed by atoms with Crippen LogP contribution in [0.1, 0.15) is 34.3 Å². The number of ether oxygens (including phenoxy) is 1. The highest BCUT2D eigenvalue weighted by Crippen LogP contribution is 2.29. The molecule has 4 aromatic rings. The number of nitrogens with zero attached hydrogens (tertiary/aromatic N) is 1. The van der Waals surface area contributed by atoms with Crippen molar-refractivity contribution in [3.63, 3.8) is 0 Å². The van der Waals surface area contributed by atoms with Crippen molar-refractivity contribution >= 4 is 23.0 Å². The fourth-order valence-electron chi connectivity index (χ4n) is 3.65. The molecular weight excluding hydrogens is 444 g/mol. The number of methoxy groups -OCH3 is 1. The van der Waals surface area contributed by atoms with E-state index in [0.29, 0.717) is 17.9 Å². The SMILES string of the molecule is COc1ccc(C)cc1C(=O)CCC(=O)NCc1cccc(-c2nc(-c3ccccc3)cs2)c1. The Kier molecular flexibility index (Phi) is 7.50. The largest absolute Gasteiger partial charge is 0.496 e. The maximum absolute atomic E-state index is 12.6. The number of carbonyl (C=O) groups excluding carboxylic acids is 2. The fraction of sp³-hybridized carbons (Fsp3) is 0.179. The predicted octanol–water partition coefficient (Wildman–Crippen LogP) is 6.07. The Morgan fingerprint density at radius 1 is 0.941 bits per heavy atom. The molecule has 0 aliphatic carbocycles. The minimum atomic E-state index is -0.161. The van der Waals surface area contributed by atoms with E-state index in [2.05, 4.69) is 10.7 Å². The second kappa shape index (κ2) is 10.9. The van der Waals surface area contributed by atoms with E-state index in [1.807, 2.05) is 67.6 Å². The van der Waals surface area contributed by atoms with E-state index >= 15 is 0 Å². The molecule has 6 heteroatoms. The van der Waals surface area contributed by atoms with Gasteiger partial charge in [-0.05, 0) is 30.7 Å². The minimum absolute atomic E-state index is 0.101. The maximum atomic E-state index is 12.6. The van der Waals surface area contributed by atoms with Gasteiger partial charge in [0.25, 0.3) is 0 Å². The lowest BCUT2D eigenvalue weighted by Crippen LogP contribution is -2.23. The highest BCUT2D eigenvalue weighted by atomic mass is 32.1. The average molecular weight is 471 g/mol. The zero-order valence-electron chi connectivity index (χ0n) is 19.2. The van der Waals surface area contributed by atoms with Crippen molar-refractivity contribution in [1.29, 1.82) is 0 Å². The Labute approximate surface area is 203 Å². The van der Waals surface area contributed by atoms with Crippen LogP contribution in [-0.2, 0) is 11.3 Å². The van der Waals surface area contributed by atoms with E-state index in [0.717, 1.165) is 33.0 Å². The van der Waals surface area contributed by atoms with Gasteiger partial charge in [-0.2, -0.15) is 0 Å². The van der Waals surface area contributed by atoms with Gasteiger partial charge in [0.2, 0.25) is 5.91 Å². The first-order valence-corrected chi connectivity index (χ1v) is 12.0. The van der Waals surface area contributed by atoms with Crippen LogP contribution < -0.4 is 10.1 Å². The number of hydrogen-bond donors (Lipinski definition) is 1. The first-order valence-electron chi connectivity index (χ1n) is 11.1. The van der Waals surface area contributed by atoms with E-state index in [9.17, 15) is 9.59 Å². The van der Waals surface area contributed by atoms with Crippen LogP contribution in [0.25, 0.3) is 21.8 Å². The first kappa shape index (κ1) is 23.4. The number of rotatable bonds is 9. The molecule has 1 aromatic heterocycles. The number of nitrogens with one attached hydrogen (secondary N) is 1. The fourth-order valence-corrected chi connectivity index (χ4v) is 4.48. The summed E-state index contributed by atoms with van der Waals surface area (Å²) in [5.74, 6) is 0.270. The standard InChI is InChI=1S/C28H26N2O3S/c1-19-11-13-26(33-2)23(15-19)25(31)12-14-27(32)29-17-20-7-6-10-22(16-20)28-30-24(18-34-28)21-8-4-3-5-9-21/h3-11,13,15-16,18H,12,14,17H2,1-2H3,(H,29,32). The summed E-state index contributed by atoms with van der Waals surface area (Å²) in [5, 5.41) is 5.91. The lowest BCUT2D eigenvalue weighted by molar-refractivity contribution is -0.121. The van der Waals surface area contributed by atoms with Gasteiger partial charge >= 0.3 is 0 Å². The number of thiazole rings is 1. The van der Waals surface area contributed by atoms with Gasteiger partial charge in [-0.15, -0.1) is 11.3 Å². The quantitative estimate of drug-likeness (QED) is 0.301. The summed E-state index contributed by atoms with van der Waals surface area (Å²) in [5.41, 5.74) is 5.53. The van der Waals surface area contributed by atoms with Crippen molar-refractivity contribution in [3.8, 4) is 27.6 Å². The van der Waals surface area contributed by atoms with Crippen LogP contribution in [0.2, 0.25) is 0 Å². The second-order valence-corrected chi connectivity index (χ2v) is 8.87. The van der Waals surface area contributed by atoms with Gasteiger partial charge in [0.15, 0.2) is 5.78 Å². The summed E-state index contributed by atoms with van der Waals surface area (Å²) < 4.78 is 5.28. The molecule has 0 unspecified atom stereocenters. The van der Waals surface area contributed by atoms with Gasteiger partial charge in [0.05, 0.1) is 18.4 Å². The van der Waals surface area contributed by atoms with E-state index in [4.69, 9.17) is 9.72 Å². The Morgan fingerprint density at radius 2 is 1.74 bits per heavy atom. The lowest BCUT2D eigenvalue weighted by atomic mass is 10.0. The topological polar surface area (TPSA) is 68.3 Å². The molecule has 0 atom stereocenters. The molecule has 3 aromatic carbocycles. The van der Waals surface area contributed by atoms with Crippen LogP contribution >= 0.6 is 11.3 Å². The van der Waals surface area contributed by atoms with E-state index in [-0.39, 0.29) is 24.5 Å². The predicted molar refractivity (Wildman–Crippen MR) is 136 cm³/mol. The third-order valence-corrected chi connectivity index (χ3v) is 6.36. The normalized spacial score (nSPS) is 10.6. The lowest BCUT2D eigenvalue weighted by Gasteiger charge is -2.09. The number of amides is 1. The van der Waals surface area contributed by atoms with Crippen LogP contribution in [0.4, 0.5) is 0 Å². The Morgan fingerprint density at radius 3 is 2.53 bits per heavy atom. The third-order valence-electron chi connectivity index (χ3n) is 5.47. The van der Waals surface area contributed by atoms with Crippen LogP contribution in [0.15, 0.2) is 78.2 Å². The number of hydrogen-bond acceptors (Lipinski definition) is 5. The summed E-state index contributed by atoms with van der Waals surface area (Å²) in [7, 11) is 1.54. The highest BCUT2D eigenvalue weighted by molar-refractivity contribution is 7.13. The molecule has 172 valence electrons. The molecule has 0 aliphatic rings. The minimum Gasteiger partial charge on any atom is -0.496 e. The molecule has 0 saturated carbocycles. The second-order valence-electron chi connectivity index (χ2n) is 8.01. The molecule has 1 amide bonds. The van der Waals surface area contributed by atoms with Gasteiger partial charge in [-0.25, -0.2) is 4.98 Å². The van der Waals surface area contributed by atoms with Crippen molar-refractivity contribution in [2.75, 3.05) is 7.11 Å². The molecule has 0 spiro atoms. The molecular formula is C28H26N2O3S. The first-order chi connectivity index (χ1) is 16.5. The Hall–Kier alpha value is -3.77. The Balaban J connectivity index is 1.33. The average Bonchev–Trinajstić information content (AvgIpc) is 3.37. The van der Waals surface area contributed by atoms with Crippen LogP contribution in [0.5, 0.6) is 5.75 Å². The maximum Gasteiger partial charge on any atom is 0.220 e. The smallest absolute Gasteiger partial charge is 0.220 e. The number of benzene rings is 3. The molecule has 0 aliphatic heterocycles. The van der Waals surface area contributed by atoms with E-state index in [1.165, 1.54) is 7.11 Å². The number of aromatic nitrogens is 1. The zero-order valence-corrected chi connectivity index (χ0v) is 20.0. The van der Waals surface area contributed by atoms with Crippen LogP contribution in [-0.4, -0.2) is 23.8 Å². The highest BCUT2D eigenvalue weighted by Gasteiger charge is 2.14. The summed E-state index contributed by atoms with van der Waals surface area (Å²) >= 11 is 1.60.